The highest BCUT2D eigenvalue weighted by molar-refractivity contribution is 5.83. The Balaban J connectivity index is 0.000000164. The maximum atomic E-state index is 13.3. The van der Waals surface area contributed by atoms with Crippen molar-refractivity contribution in [1.29, 1.82) is 0 Å². The third-order valence-electron chi connectivity index (χ3n) is 10.4. The van der Waals surface area contributed by atoms with Crippen molar-refractivity contribution in [3.05, 3.63) is 202 Å². The zero-order chi connectivity index (χ0) is 43.3. The number of nitrogens with zero attached hydrogens (tertiary/aromatic N) is 4. The minimum absolute atomic E-state index is 0.190. The maximum Gasteiger partial charge on any atom is 0.327 e. The van der Waals surface area contributed by atoms with Crippen LogP contribution in [0.15, 0.2) is 179 Å². The second-order valence-electron chi connectivity index (χ2n) is 14.6. The molecule has 3 heterocycles. The zero-order valence-corrected chi connectivity index (χ0v) is 33.9. The summed E-state index contributed by atoms with van der Waals surface area (Å²) < 4.78 is 2.62. The smallest absolute Gasteiger partial charge is 0.327 e. The van der Waals surface area contributed by atoms with E-state index in [1.807, 2.05) is 133 Å². The fraction of sp³-hybridized carbons (Fsp3) is 0.160. The van der Waals surface area contributed by atoms with Crippen molar-refractivity contribution in [2.75, 3.05) is 26.2 Å². The molecule has 4 N–H and O–H groups in total. The molecule has 1 saturated heterocycles. The Bertz CT molecular complexity index is 2660. The number of piperazine rings is 1. The molecule has 2 unspecified atom stereocenters. The molecular weight excluding hydrogens is 781 g/mol. The summed E-state index contributed by atoms with van der Waals surface area (Å²) in [5, 5.41) is 27.2. The van der Waals surface area contributed by atoms with Gasteiger partial charge in [0.05, 0.1) is 21.8 Å². The number of carboxylic acid groups (broad SMARTS) is 2. The van der Waals surface area contributed by atoms with E-state index in [9.17, 15) is 29.4 Å². The summed E-state index contributed by atoms with van der Waals surface area (Å²) in [6.45, 7) is 4.56. The van der Waals surface area contributed by atoms with Gasteiger partial charge in [-0.2, -0.15) is 0 Å². The lowest BCUT2D eigenvalue weighted by Gasteiger charge is -2.20. The third-order valence-corrected chi connectivity index (χ3v) is 10.4. The molecule has 2 aromatic heterocycles. The Labute approximate surface area is 357 Å². The van der Waals surface area contributed by atoms with Gasteiger partial charge in [0.15, 0.2) is 0 Å². The highest BCUT2D eigenvalue weighted by atomic mass is 16.4. The predicted octanol–water partition coefficient (Wildman–Crippen LogP) is 7.04. The van der Waals surface area contributed by atoms with Gasteiger partial charge in [0, 0.05) is 50.1 Å². The van der Waals surface area contributed by atoms with E-state index < -0.39 is 24.0 Å². The average Bonchev–Trinajstić information content (AvgIpc) is 3.32. The molecular formula is C50H46N6O6. The van der Waals surface area contributed by atoms with Crippen LogP contribution < -0.4 is 21.8 Å². The molecule has 12 heteroatoms. The maximum absolute atomic E-state index is 13.3. The molecule has 1 aliphatic heterocycles. The summed E-state index contributed by atoms with van der Waals surface area (Å²) in [6.07, 6.45) is 0.381. The molecule has 6 aromatic carbocycles. The fourth-order valence-corrected chi connectivity index (χ4v) is 7.31. The van der Waals surface area contributed by atoms with Crippen molar-refractivity contribution in [2.45, 2.75) is 24.9 Å². The first-order chi connectivity index (χ1) is 30.3. The van der Waals surface area contributed by atoms with Gasteiger partial charge in [0.25, 0.3) is 11.1 Å². The number of carboxylic acids is 2. The molecule has 0 bridgehead atoms. The molecule has 0 amide bonds. The van der Waals surface area contributed by atoms with Crippen molar-refractivity contribution in [3.63, 3.8) is 0 Å². The van der Waals surface area contributed by atoms with E-state index in [-0.39, 0.29) is 24.0 Å². The van der Waals surface area contributed by atoms with Gasteiger partial charge < -0.3 is 20.8 Å². The van der Waals surface area contributed by atoms with Crippen LogP contribution in [-0.4, -0.2) is 67.4 Å². The van der Waals surface area contributed by atoms with Crippen LogP contribution in [0, 0.1) is 0 Å². The first-order valence-corrected chi connectivity index (χ1v) is 20.4. The number of para-hydroxylation sites is 2. The van der Waals surface area contributed by atoms with E-state index in [1.165, 1.54) is 9.13 Å². The molecule has 2 atom stereocenters. The Morgan fingerprint density at radius 1 is 0.468 bits per heavy atom. The van der Waals surface area contributed by atoms with E-state index in [0.29, 0.717) is 44.6 Å². The summed E-state index contributed by atoms with van der Waals surface area (Å²) in [5.41, 5.74) is 3.47. The molecule has 1 aliphatic rings. The van der Waals surface area contributed by atoms with Crippen LogP contribution in [0.3, 0.4) is 0 Å². The Morgan fingerprint density at radius 3 is 1.10 bits per heavy atom. The number of rotatable bonds is 10. The normalized spacial score (nSPS) is 13.2. The SMILES string of the molecule is C1CNCCN1.O=C(O)C(Cc1ccccc1)n1c(-c2ccccc2)nc2ccccc2c1=O.O=C(O)C(Cc1ccccc1)n1c(-c2ccccc2)nc2ccccc2c1=O. The number of hydrogen-bond acceptors (Lipinski definition) is 8. The zero-order valence-electron chi connectivity index (χ0n) is 33.9. The summed E-state index contributed by atoms with van der Waals surface area (Å²) >= 11 is 0. The van der Waals surface area contributed by atoms with Gasteiger partial charge >= 0.3 is 11.9 Å². The lowest BCUT2D eigenvalue weighted by molar-refractivity contribution is -0.141. The summed E-state index contributed by atoms with van der Waals surface area (Å²) in [4.78, 5) is 60.3. The topological polar surface area (TPSA) is 168 Å². The Kier molecular flexibility index (Phi) is 14.2. The number of aliphatic carboxylic acids is 2. The highest BCUT2D eigenvalue weighted by Crippen LogP contribution is 2.26. The van der Waals surface area contributed by atoms with Crippen LogP contribution in [0.1, 0.15) is 23.2 Å². The van der Waals surface area contributed by atoms with E-state index >= 15 is 0 Å². The summed E-state index contributed by atoms with van der Waals surface area (Å²) in [7, 11) is 0. The fourth-order valence-electron chi connectivity index (χ4n) is 7.31. The molecule has 12 nitrogen and oxygen atoms in total. The van der Waals surface area contributed by atoms with Gasteiger partial charge in [-0.15, -0.1) is 0 Å². The Morgan fingerprint density at radius 2 is 0.774 bits per heavy atom. The summed E-state index contributed by atoms with van der Waals surface area (Å²) in [5.74, 6) is -1.43. The van der Waals surface area contributed by atoms with Gasteiger partial charge in [-0.3, -0.25) is 18.7 Å². The van der Waals surface area contributed by atoms with Gasteiger partial charge in [-0.25, -0.2) is 19.6 Å². The molecule has 62 heavy (non-hydrogen) atoms. The van der Waals surface area contributed by atoms with Gasteiger partial charge in [0.1, 0.15) is 23.7 Å². The largest absolute Gasteiger partial charge is 0.480 e. The van der Waals surface area contributed by atoms with E-state index in [1.54, 1.807) is 36.4 Å². The number of benzene rings is 6. The molecule has 1 fully saturated rings. The summed E-state index contributed by atoms with van der Waals surface area (Å²) in [6, 6.07) is 48.9. The van der Waals surface area contributed by atoms with Crippen LogP contribution in [0.2, 0.25) is 0 Å². The molecule has 0 spiro atoms. The quantitative estimate of drug-likeness (QED) is 0.112. The minimum atomic E-state index is -1.07. The monoisotopic (exact) mass is 826 g/mol. The molecule has 9 rings (SSSR count). The average molecular weight is 827 g/mol. The lowest BCUT2D eigenvalue weighted by Crippen LogP contribution is -2.39. The van der Waals surface area contributed by atoms with Crippen molar-refractivity contribution < 1.29 is 19.8 Å². The number of hydrogen-bond donors (Lipinski definition) is 4. The minimum Gasteiger partial charge on any atom is -0.480 e. The first-order valence-electron chi connectivity index (χ1n) is 20.4. The van der Waals surface area contributed by atoms with Crippen LogP contribution in [0.4, 0.5) is 0 Å². The van der Waals surface area contributed by atoms with Crippen LogP contribution in [0.25, 0.3) is 44.6 Å². The predicted molar refractivity (Wildman–Crippen MR) is 242 cm³/mol. The van der Waals surface area contributed by atoms with E-state index in [2.05, 4.69) is 20.6 Å². The van der Waals surface area contributed by atoms with Crippen LogP contribution in [0.5, 0.6) is 0 Å². The van der Waals surface area contributed by atoms with Crippen LogP contribution >= 0.6 is 0 Å². The van der Waals surface area contributed by atoms with Crippen molar-refractivity contribution in [2.24, 2.45) is 0 Å². The number of carbonyl (C=O) groups is 2. The number of nitrogens with one attached hydrogen (secondary N) is 2. The van der Waals surface area contributed by atoms with Crippen molar-refractivity contribution in [1.82, 2.24) is 29.7 Å². The van der Waals surface area contributed by atoms with Crippen molar-refractivity contribution >= 4 is 33.7 Å². The second kappa shape index (κ2) is 20.6. The Hall–Kier alpha value is -7.54. The number of aromatic nitrogens is 4. The molecule has 0 saturated carbocycles. The molecule has 8 aromatic rings. The van der Waals surface area contributed by atoms with E-state index in [4.69, 9.17) is 0 Å². The van der Waals surface area contributed by atoms with Gasteiger partial charge in [0.2, 0.25) is 0 Å². The molecule has 312 valence electrons. The van der Waals surface area contributed by atoms with Crippen LogP contribution in [-0.2, 0) is 22.4 Å². The standard InChI is InChI=1S/2C23H18N2O3.C4H10N2/c2*26-22-18-13-7-8-14-19(18)24-21(17-11-5-2-6-12-17)25(22)20(23(27)28)15-16-9-3-1-4-10-16;1-2-6-4-3-5-1/h2*1-14,20H,15H2,(H,27,28);5-6H,1-4H2. The second-order valence-corrected chi connectivity index (χ2v) is 14.6. The van der Waals surface area contributed by atoms with Crippen molar-refractivity contribution in [3.8, 4) is 22.8 Å². The third kappa shape index (κ3) is 10.2. The molecule has 0 aliphatic carbocycles. The first kappa shape index (κ1) is 42.6. The number of fused-ring (bicyclic) bond motifs is 2. The van der Waals surface area contributed by atoms with E-state index in [0.717, 1.165) is 37.3 Å². The van der Waals surface area contributed by atoms with Gasteiger partial charge in [-0.05, 0) is 35.4 Å². The van der Waals surface area contributed by atoms with Gasteiger partial charge in [-0.1, -0.05) is 146 Å². The highest BCUT2D eigenvalue weighted by Gasteiger charge is 2.28. The molecule has 0 radical (unpaired) electrons. The lowest BCUT2D eigenvalue weighted by atomic mass is 10.0.